The van der Waals surface area contributed by atoms with Gasteiger partial charge >= 0.3 is 5.97 Å². The Morgan fingerprint density at radius 1 is 1.04 bits per heavy atom. The van der Waals surface area contributed by atoms with E-state index in [2.05, 4.69) is 20.8 Å². The van der Waals surface area contributed by atoms with Crippen LogP contribution in [0, 0.1) is 0 Å². The highest BCUT2D eigenvalue weighted by molar-refractivity contribution is 7.89. The Kier molecular flexibility index (Phi) is 5.88. The van der Waals surface area contributed by atoms with Crippen molar-refractivity contribution in [2.75, 3.05) is 14.1 Å². The van der Waals surface area contributed by atoms with Crippen LogP contribution in [0.15, 0.2) is 53.4 Å². The highest BCUT2D eigenvalue weighted by Gasteiger charge is 2.19. The van der Waals surface area contributed by atoms with Crippen LogP contribution in [0.1, 0.15) is 42.3 Å². The van der Waals surface area contributed by atoms with Crippen molar-refractivity contribution in [1.29, 1.82) is 0 Å². The minimum Gasteiger partial charge on any atom is -0.457 e. The lowest BCUT2D eigenvalue weighted by molar-refractivity contribution is 0.0472. The van der Waals surface area contributed by atoms with Gasteiger partial charge in [-0.3, -0.25) is 0 Å². The van der Waals surface area contributed by atoms with Crippen LogP contribution in [-0.2, 0) is 26.8 Å². The van der Waals surface area contributed by atoms with E-state index >= 15 is 0 Å². The van der Waals surface area contributed by atoms with Crippen molar-refractivity contribution in [3.05, 3.63) is 65.2 Å². The first-order valence-electron chi connectivity index (χ1n) is 8.31. The van der Waals surface area contributed by atoms with E-state index in [1.807, 2.05) is 24.3 Å². The first-order chi connectivity index (χ1) is 12.0. The van der Waals surface area contributed by atoms with E-state index < -0.39 is 16.0 Å². The van der Waals surface area contributed by atoms with E-state index in [-0.39, 0.29) is 22.5 Å². The van der Waals surface area contributed by atoms with Crippen LogP contribution in [0.5, 0.6) is 0 Å². The Hall–Kier alpha value is -2.18. The van der Waals surface area contributed by atoms with Gasteiger partial charge in [0.05, 0.1) is 10.5 Å². The number of carbonyl (C=O) groups excluding carboxylic acids is 1. The van der Waals surface area contributed by atoms with Crippen molar-refractivity contribution in [2.24, 2.45) is 0 Å². The second kappa shape index (κ2) is 7.60. The maximum atomic E-state index is 12.3. The summed E-state index contributed by atoms with van der Waals surface area (Å²) in [6, 6.07) is 13.8. The van der Waals surface area contributed by atoms with Gasteiger partial charge in [-0.1, -0.05) is 51.1 Å². The molecule has 0 N–H and O–H groups in total. The number of hydrogen-bond acceptors (Lipinski definition) is 4. The number of benzene rings is 2. The molecule has 5 nitrogen and oxygen atoms in total. The molecular weight excluding hydrogens is 350 g/mol. The Bertz CT molecular complexity index is 879. The van der Waals surface area contributed by atoms with Gasteiger partial charge in [0.1, 0.15) is 6.61 Å². The Labute approximate surface area is 155 Å². The molecule has 0 fully saturated rings. The van der Waals surface area contributed by atoms with E-state index in [0.717, 1.165) is 9.87 Å². The largest absolute Gasteiger partial charge is 0.457 e. The van der Waals surface area contributed by atoms with E-state index in [9.17, 15) is 13.2 Å². The monoisotopic (exact) mass is 375 g/mol. The lowest BCUT2D eigenvalue weighted by Gasteiger charge is -2.19. The van der Waals surface area contributed by atoms with Crippen molar-refractivity contribution in [2.45, 2.75) is 37.7 Å². The van der Waals surface area contributed by atoms with E-state index in [0.29, 0.717) is 0 Å². The molecule has 0 aromatic heterocycles. The van der Waals surface area contributed by atoms with Crippen LogP contribution in [0.4, 0.5) is 0 Å². The second-order valence-corrected chi connectivity index (χ2v) is 9.49. The van der Waals surface area contributed by atoms with Crippen molar-refractivity contribution in [3.8, 4) is 0 Å². The fraction of sp³-hybridized carbons (Fsp3) is 0.350. The summed E-state index contributed by atoms with van der Waals surface area (Å²) >= 11 is 0. The molecule has 0 aliphatic heterocycles. The molecule has 0 bridgehead atoms. The summed E-state index contributed by atoms with van der Waals surface area (Å²) in [7, 11) is -0.701. The van der Waals surface area contributed by atoms with Crippen LogP contribution in [0.3, 0.4) is 0 Å². The molecule has 6 heteroatoms. The number of esters is 1. The molecule has 2 aromatic carbocycles. The maximum Gasteiger partial charge on any atom is 0.338 e. The predicted molar refractivity (Wildman–Crippen MR) is 102 cm³/mol. The van der Waals surface area contributed by atoms with E-state index in [4.69, 9.17) is 4.74 Å². The number of nitrogens with zero attached hydrogens (tertiary/aromatic N) is 1. The van der Waals surface area contributed by atoms with Crippen LogP contribution in [-0.4, -0.2) is 32.8 Å². The molecule has 0 saturated carbocycles. The maximum absolute atomic E-state index is 12.3. The van der Waals surface area contributed by atoms with Crippen molar-refractivity contribution in [3.63, 3.8) is 0 Å². The minimum absolute atomic E-state index is 0.0616. The van der Waals surface area contributed by atoms with E-state index in [1.54, 1.807) is 6.07 Å². The molecule has 0 amide bonds. The normalized spacial score (nSPS) is 12.2. The zero-order chi connectivity index (χ0) is 19.5. The Balaban J connectivity index is 2.09. The Morgan fingerprint density at radius 3 is 2.19 bits per heavy atom. The third-order valence-corrected chi connectivity index (χ3v) is 5.85. The standard InChI is InChI=1S/C20H25NO4S/c1-20(2,3)17-11-9-15(10-12-17)14-25-19(22)16-7-6-8-18(13-16)26(23,24)21(4)5/h6-13H,14H2,1-5H3. The van der Waals surface area contributed by atoms with Gasteiger partial charge in [0.15, 0.2) is 0 Å². The first-order valence-corrected chi connectivity index (χ1v) is 9.75. The average Bonchev–Trinajstić information content (AvgIpc) is 2.59. The number of ether oxygens (including phenoxy) is 1. The highest BCUT2D eigenvalue weighted by atomic mass is 32.2. The summed E-state index contributed by atoms with van der Waals surface area (Å²) in [5, 5.41) is 0. The van der Waals surface area contributed by atoms with Crippen molar-refractivity contribution in [1.82, 2.24) is 4.31 Å². The molecule has 2 aromatic rings. The zero-order valence-corrected chi connectivity index (χ0v) is 16.6. The van der Waals surface area contributed by atoms with Crippen LogP contribution in [0.25, 0.3) is 0 Å². The topological polar surface area (TPSA) is 63.7 Å². The first kappa shape index (κ1) is 20.1. The lowest BCUT2D eigenvalue weighted by Crippen LogP contribution is -2.22. The molecule has 0 heterocycles. The van der Waals surface area contributed by atoms with Gasteiger partial charge in [-0.05, 0) is 34.7 Å². The van der Waals surface area contributed by atoms with Crippen molar-refractivity contribution < 1.29 is 17.9 Å². The zero-order valence-electron chi connectivity index (χ0n) is 15.8. The molecule has 26 heavy (non-hydrogen) atoms. The summed E-state index contributed by atoms with van der Waals surface area (Å²) < 4.78 is 30.8. The summed E-state index contributed by atoms with van der Waals surface area (Å²) in [5.74, 6) is -0.555. The second-order valence-electron chi connectivity index (χ2n) is 7.34. The third-order valence-electron chi connectivity index (χ3n) is 4.04. The minimum atomic E-state index is -3.59. The summed E-state index contributed by atoms with van der Waals surface area (Å²) in [6.07, 6.45) is 0. The molecule has 0 aliphatic rings. The molecule has 0 aliphatic carbocycles. The van der Waals surface area contributed by atoms with Crippen LogP contribution in [0.2, 0.25) is 0 Å². The summed E-state index contributed by atoms with van der Waals surface area (Å²) in [6.45, 7) is 6.54. The number of rotatable bonds is 5. The average molecular weight is 375 g/mol. The molecular formula is C20H25NO4S. The molecule has 2 rings (SSSR count). The quantitative estimate of drug-likeness (QED) is 0.749. The summed E-state index contributed by atoms with van der Waals surface area (Å²) in [5.41, 5.74) is 2.35. The number of carbonyl (C=O) groups is 1. The van der Waals surface area contributed by atoms with Crippen molar-refractivity contribution >= 4 is 16.0 Å². The van der Waals surface area contributed by atoms with Gasteiger partial charge < -0.3 is 4.74 Å². The molecule has 0 atom stereocenters. The van der Waals surface area contributed by atoms with Crippen LogP contribution < -0.4 is 0 Å². The number of hydrogen-bond donors (Lipinski definition) is 0. The van der Waals surface area contributed by atoms with Gasteiger partial charge in [-0.2, -0.15) is 0 Å². The number of sulfonamides is 1. The SMILES string of the molecule is CN(C)S(=O)(=O)c1cccc(C(=O)OCc2ccc(C(C)(C)C)cc2)c1. The van der Waals surface area contributed by atoms with Gasteiger partial charge in [0.2, 0.25) is 10.0 Å². The predicted octanol–water partition coefficient (Wildman–Crippen LogP) is 3.59. The van der Waals surface area contributed by atoms with Gasteiger partial charge in [0, 0.05) is 14.1 Å². The van der Waals surface area contributed by atoms with E-state index in [1.165, 1.54) is 37.9 Å². The lowest BCUT2D eigenvalue weighted by atomic mass is 9.87. The smallest absolute Gasteiger partial charge is 0.338 e. The fourth-order valence-electron chi connectivity index (χ4n) is 2.33. The molecule has 140 valence electrons. The molecule has 0 spiro atoms. The van der Waals surface area contributed by atoms with Crippen LogP contribution >= 0.6 is 0 Å². The summed E-state index contributed by atoms with van der Waals surface area (Å²) in [4.78, 5) is 12.3. The fourth-order valence-corrected chi connectivity index (χ4v) is 3.28. The highest BCUT2D eigenvalue weighted by Crippen LogP contribution is 2.22. The molecule has 0 radical (unpaired) electrons. The molecule has 0 saturated heterocycles. The van der Waals surface area contributed by atoms with Gasteiger partial charge in [0.25, 0.3) is 0 Å². The Morgan fingerprint density at radius 2 is 1.65 bits per heavy atom. The third kappa shape index (κ3) is 4.71. The molecule has 0 unspecified atom stereocenters. The van der Waals surface area contributed by atoms with Gasteiger partial charge in [-0.15, -0.1) is 0 Å². The van der Waals surface area contributed by atoms with Gasteiger partial charge in [-0.25, -0.2) is 17.5 Å².